The van der Waals surface area contributed by atoms with Gasteiger partial charge in [-0.1, -0.05) is 60.7 Å². The minimum atomic E-state index is 0. The molecule has 0 atom stereocenters. The first-order valence-corrected chi connectivity index (χ1v) is 12.8. The summed E-state index contributed by atoms with van der Waals surface area (Å²) in [6.45, 7) is 0. The smallest absolute Gasteiger partial charge is 0.100 e. The summed E-state index contributed by atoms with van der Waals surface area (Å²) in [5, 5.41) is 0. The van der Waals surface area contributed by atoms with Crippen LogP contribution in [0.5, 0.6) is 0 Å². The van der Waals surface area contributed by atoms with Crippen molar-refractivity contribution < 1.29 is 31.2 Å². The molecule has 0 saturated heterocycles. The average Bonchev–Trinajstić information content (AvgIpc) is 3.51. The number of rotatable bonds is 2. The standard InChI is InChI=1S/2C13H10N2.2ClH.2H2N.Pt/c2*1-2-6-11(7-3-1)15-10-14-12-8-4-5-9-13(12)15;;;;;/h2*1-10H;2*1H;2*1H2;/q;;;;2*-1;+1/p-2. The van der Waals surface area contributed by atoms with E-state index in [0.29, 0.717) is 0 Å². The van der Waals surface area contributed by atoms with Gasteiger partial charge in [0.2, 0.25) is 0 Å². The van der Waals surface area contributed by atoms with Crippen LogP contribution in [0.4, 0.5) is 0 Å². The van der Waals surface area contributed by atoms with E-state index in [1.54, 1.807) is 18.8 Å². The molecule has 185 valence electrons. The van der Waals surface area contributed by atoms with Crippen molar-refractivity contribution in [3.05, 3.63) is 134 Å². The number of hydrogen-bond acceptors (Lipinski definition) is 2. The molecule has 0 aliphatic carbocycles. The van der Waals surface area contributed by atoms with E-state index in [9.17, 15) is 0 Å². The van der Waals surface area contributed by atoms with Crippen LogP contribution in [0.2, 0.25) is 0 Å². The molecule has 2 aromatic heterocycles. The largest absolute Gasteiger partial charge is 0.693 e. The summed E-state index contributed by atoms with van der Waals surface area (Å²) in [4.78, 5) is 8.72. The molecule has 2 heterocycles. The number of nitrogens with zero attached hydrogens (tertiary/aromatic N) is 4. The Morgan fingerprint density at radius 3 is 1.17 bits per heavy atom. The molecule has 0 spiro atoms. The maximum Gasteiger partial charge on any atom is 0.100 e. The number of para-hydroxylation sites is 6. The SMILES string of the molecule is [Cl-].[Cl][Pt].[NH2-].[NH2-].c1ccc(-n2cnc3ccccc32)cc1.c1ccc(-n2cnc3ccccc32)cc1. The van der Waals surface area contributed by atoms with Gasteiger partial charge in [-0.05, 0) is 48.5 Å². The van der Waals surface area contributed by atoms with Crippen LogP contribution in [-0.4, -0.2) is 19.1 Å². The first-order valence-electron chi connectivity index (χ1n) is 9.97. The summed E-state index contributed by atoms with van der Waals surface area (Å²) in [7, 11) is 4.61. The van der Waals surface area contributed by atoms with Gasteiger partial charge < -0.3 is 24.7 Å². The average molecular weight is 687 g/mol. The quantitative estimate of drug-likeness (QED) is 0.251. The molecule has 9 heteroatoms. The Morgan fingerprint density at radius 2 is 0.800 bits per heavy atom. The molecule has 6 aromatic rings. The molecule has 0 aliphatic rings. The second-order valence-electron chi connectivity index (χ2n) is 6.88. The zero-order valence-corrected chi connectivity index (χ0v) is 22.3. The van der Waals surface area contributed by atoms with Gasteiger partial charge in [0.05, 0.1) is 22.1 Å². The molecule has 0 saturated carbocycles. The van der Waals surface area contributed by atoms with E-state index in [-0.39, 0.29) is 24.7 Å². The molecular formula is C26H24Cl2N6Pt-3. The van der Waals surface area contributed by atoms with Crippen molar-refractivity contribution in [2.24, 2.45) is 0 Å². The molecule has 4 aromatic carbocycles. The zero-order chi connectivity index (χ0) is 22.2. The van der Waals surface area contributed by atoms with Gasteiger partial charge in [-0.25, -0.2) is 9.97 Å². The Kier molecular flexibility index (Phi) is 13.0. The first kappa shape index (κ1) is 30.0. The maximum absolute atomic E-state index is 4.61. The second-order valence-corrected chi connectivity index (χ2v) is 6.88. The monoisotopic (exact) mass is 685 g/mol. The van der Waals surface area contributed by atoms with Crippen LogP contribution in [0.1, 0.15) is 0 Å². The minimum Gasteiger partial charge on any atom is -0.693 e. The van der Waals surface area contributed by atoms with E-state index in [2.05, 4.69) is 64.9 Å². The van der Waals surface area contributed by atoms with Gasteiger partial charge in [-0.2, -0.15) is 0 Å². The van der Waals surface area contributed by atoms with Crippen LogP contribution in [0.3, 0.4) is 0 Å². The number of benzene rings is 4. The van der Waals surface area contributed by atoms with Gasteiger partial charge in [0.25, 0.3) is 0 Å². The fraction of sp³-hybridized carbons (Fsp3) is 0. The zero-order valence-electron chi connectivity index (χ0n) is 18.6. The molecule has 0 bridgehead atoms. The van der Waals surface area contributed by atoms with E-state index in [1.807, 2.05) is 85.5 Å². The summed E-state index contributed by atoms with van der Waals surface area (Å²) in [6.07, 6.45) is 3.72. The van der Waals surface area contributed by atoms with E-state index in [1.165, 1.54) is 0 Å². The Balaban J connectivity index is 0.000000303. The predicted octanol–water partition coefficient (Wildman–Crippen LogP) is 5.18. The molecule has 4 N–H and O–H groups in total. The predicted molar refractivity (Wildman–Crippen MR) is 139 cm³/mol. The second kappa shape index (κ2) is 15.1. The summed E-state index contributed by atoms with van der Waals surface area (Å²) in [5.74, 6) is 0. The van der Waals surface area contributed by atoms with Crippen LogP contribution in [0.15, 0.2) is 122 Å². The Hall–Kier alpha value is -2.99. The molecule has 0 radical (unpaired) electrons. The van der Waals surface area contributed by atoms with Gasteiger partial charge in [-0.3, -0.25) is 9.13 Å². The Morgan fingerprint density at radius 1 is 0.486 bits per heavy atom. The summed E-state index contributed by atoms with van der Waals surface area (Å²) in [6, 6.07) is 36.7. The summed E-state index contributed by atoms with van der Waals surface area (Å²) < 4.78 is 4.19. The third kappa shape index (κ3) is 7.01. The fourth-order valence-corrected chi connectivity index (χ4v) is 3.51. The fourth-order valence-electron chi connectivity index (χ4n) is 3.51. The number of fused-ring (bicyclic) bond motifs is 2. The van der Waals surface area contributed by atoms with Crippen LogP contribution < -0.4 is 12.4 Å². The van der Waals surface area contributed by atoms with E-state index in [4.69, 9.17) is 0 Å². The van der Waals surface area contributed by atoms with Crippen molar-refractivity contribution >= 4 is 31.5 Å². The van der Waals surface area contributed by atoms with Crippen molar-refractivity contribution in [2.45, 2.75) is 0 Å². The van der Waals surface area contributed by atoms with Gasteiger partial charge in [0, 0.05) is 11.4 Å². The van der Waals surface area contributed by atoms with E-state index in [0.717, 1.165) is 33.4 Å². The van der Waals surface area contributed by atoms with Gasteiger partial charge >= 0.3 is 28.2 Å². The van der Waals surface area contributed by atoms with Crippen LogP contribution in [0, 0.1) is 0 Å². The number of halogens is 2. The van der Waals surface area contributed by atoms with Crippen molar-refractivity contribution in [2.75, 3.05) is 0 Å². The normalized spacial score (nSPS) is 9.34. The molecule has 35 heavy (non-hydrogen) atoms. The molecular weight excluding hydrogens is 662 g/mol. The van der Waals surface area contributed by atoms with Crippen LogP contribution in [-0.2, 0) is 18.8 Å². The number of hydrogen-bond donors (Lipinski definition) is 0. The number of imidazole rings is 2. The van der Waals surface area contributed by atoms with E-state index < -0.39 is 0 Å². The first-order chi connectivity index (χ1) is 15.9. The van der Waals surface area contributed by atoms with Crippen LogP contribution in [0.25, 0.3) is 45.7 Å². The molecule has 0 amide bonds. The number of nitrogens with two attached hydrogens (primary N) is 2. The third-order valence-corrected chi connectivity index (χ3v) is 4.98. The molecule has 6 rings (SSSR count). The summed E-state index contributed by atoms with van der Waals surface area (Å²) in [5.41, 5.74) is 6.63. The van der Waals surface area contributed by atoms with E-state index >= 15 is 0 Å². The number of aromatic nitrogens is 4. The van der Waals surface area contributed by atoms with Gasteiger partial charge in [0.1, 0.15) is 12.7 Å². The molecule has 6 nitrogen and oxygen atoms in total. The van der Waals surface area contributed by atoms with Gasteiger partial charge in [0.15, 0.2) is 0 Å². The Bertz CT molecular complexity index is 1300. The molecule has 0 unspecified atom stereocenters. The third-order valence-electron chi connectivity index (χ3n) is 4.98. The minimum absolute atomic E-state index is 0. The van der Waals surface area contributed by atoms with Crippen LogP contribution >= 0.6 is 9.42 Å². The van der Waals surface area contributed by atoms with Crippen molar-refractivity contribution in [3.8, 4) is 11.4 Å². The van der Waals surface area contributed by atoms with Crippen molar-refractivity contribution in [3.63, 3.8) is 0 Å². The maximum atomic E-state index is 4.61. The Labute approximate surface area is 226 Å². The topological polar surface area (TPSA) is 103 Å². The molecule has 0 fully saturated rings. The van der Waals surface area contributed by atoms with Crippen molar-refractivity contribution in [1.82, 2.24) is 19.1 Å². The molecule has 0 aliphatic heterocycles. The summed E-state index contributed by atoms with van der Waals surface area (Å²) >= 11 is 1.61. The van der Waals surface area contributed by atoms with Crippen molar-refractivity contribution in [1.29, 1.82) is 0 Å². The van der Waals surface area contributed by atoms with Gasteiger partial charge in [-0.15, -0.1) is 0 Å².